The maximum atomic E-state index is 12.7. The highest BCUT2D eigenvalue weighted by molar-refractivity contribution is 5.97. The van der Waals surface area contributed by atoms with E-state index in [0.717, 1.165) is 36.1 Å². The Balaban J connectivity index is 1.55. The van der Waals surface area contributed by atoms with Crippen molar-refractivity contribution >= 4 is 16.9 Å². The number of rotatable bonds is 5. The van der Waals surface area contributed by atoms with Crippen molar-refractivity contribution in [2.45, 2.75) is 45.2 Å². The Morgan fingerprint density at radius 2 is 1.93 bits per heavy atom. The lowest BCUT2D eigenvalue weighted by molar-refractivity contribution is 0.0910. The molecular formula is C23H27N3O3. The van der Waals surface area contributed by atoms with E-state index >= 15 is 0 Å². The molecule has 1 fully saturated rings. The second-order valence-electron chi connectivity index (χ2n) is 7.94. The molecule has 0 saturated heterocycles. The van der Waals surface area contributed by atoms with Crippen LogP contribution in [0.5, 0.6) is 5.75 Å². The van der Waals surface area contributed by atoms with E-state index in [2.05, 4.69) is 17.2 Å². The molecule has 1 aliphatic rings. The van der Waals surface area contributed by atoms with Gasteiger partial charge < -0.3 is 15.0 Å². The van der Waals surface area contributed by atoms with E-state index in [0.29, 0.717) is 23.5 Å². The predicted molar refractivity (Wildman–Crippen MR) is 114 cm³/mol. The van der Waals surface area contributed by atoms with Crippen LogP contribution in [0.25, 0.3) is 11.0 Å². The van der Waals surface area contributed by atoms with Crippen molar-refractivity contribution in [2.24, 2.45) is 5.92 Å². The maximum absolute atomic E-state index is 12.7. The molecule has 6 heteroatoms. The molecule has 0 radical (unpaired) electrons. The van der Waals surface area contributed by atoms with Gasteiger partial charge >= 0.3 is 5.69 Å². The average Bonchev–Trinajstić information content (AvgIpc) is 3.04. The molecule has 1 aliphatic carbocycles. The highest BCUT2D eigenvalue weighted by Gasteiger charge is 2.23. The van der Waals surface area contributed by atoms with E-state index in [1.807, 2.05) is 30.3 Å². The van der Waals surface area contributed by atoms with Crippen LogP contribution in [0.3, 0.4) is 0 Å². The number of nitrogens with one attached hydrogen (secondary N) is 2. The van der Waals surface area contributed by atoms with Gasteiger partial charge in [-0.3, -0.25) is 9.36 Å². The summed E-state index contributed by atoms with van der Waals surface area (Å²) < 4.78 is 6.86. The monoisotopic (exact) mass is 393 g/mol. The summed E-state index contributed by atoms with van der Waals surface area (Å²) in [6, 6.07) is 13.3. The van der Waals surface area contributed by atoms with Crippen LogP contribution in [0.15, 0.2) is 47.3 Å². The van der Waals surface area contributed by atoms with Crippen LogP contribution in [0.1, 0.15) is 48.5 Å². The Morgan fingerprint density at radius 3 is 2.66 bits per heavy atom. The summed E-state index contributed by atoms with van der Waals surface area (Å²) in [6.45, 7) is 2.65. The fourth-order valence-electron chi connectivity index (χ4n) is 4.16. The van der Waals surface area contributed by atoms with Gasteiger partial charge in [0.25, 0.3) is 5.91 Å². The molecule has 29 heavy (non-hydrogen) atoms. The number of carbonyl (C=O) groups excluding carboxylic acids is 1. The number of benzene rings is 2. The third kappa shape index (κ3) is 4.06. The number of fused-ring (bicyclic) bond motifs is 1. The Labute approximate surface area is 169 Å². The van der Waals surface area contributed by atoms with Gasteiger partial charge in [0.15, 0.2) is 0 Å². The molecule has 6 nitrogen and oxygen atoms in total. The summed E-state index contributed by atoms with van der Waals surface area (Å²) in [7, 11) is 1.63. The van der Waals surface area contributed by atoms with Crippen LogP contribution in [0, 0.1) is 5.92 Å². The van der Waals surface area contributed by atoms with Crippen molar-refractivity contribution in [3.05, 3.63) is 64.1 Å². The largest absolute Gasteiger partial charge is 0.497 e. The zero-order valence-corrected chi connectivity index (χ0v) is 16.9. The number of hydrogen-bond donors (Lipinski definition) is 2. The molecule has 0 spiro atoms. The molecule has 0 unspecified atom stereocenters. The standard InChI is InChI=1S/C23H27N3O3/c1-15-5-3-4-6-19(15)24-22(27)17-9-12-21-20(13-17)25-23(28)26(21)14-16-7-10-18(29-2)11-8-16/h7-13,15,19H,3-6,14H2,1-2H3,(H,24,27)(H,25,28)/t15-,19+/m1/s1. The smallest absolute Gasteiger partial charge is 0.326 e. The van der Waals surface area contributed by atoms with Gasteiger partial charge in [0.2, 0.25) is 0 Å². The lowest BCUT2D eigenvalue weighted by Crippen LogP contribution is -2.41. The van der Waals surface area contributed by atoms with Gasteiger partial charge in [-0.25, -0.2) is 4.79 Å². The van der Waals surface area contributed by atoms with Gasteiger partial charge in [-0.2, -0.15) is 0 Å². The lowest BCUT2D eigenvalue weighted by Gasteiger charge is -2.29. The summed E-state index contributed by atoms with van der Waals surface area (Å²) in [5.41, 5.74) is 2.85. The third-order valence-electron chi connectivity index (χ3n) is 5.96. The van der Waals surface area contributed by atoms with Crippen molar-refractivity contribution in [1.29, 1.82) is 0 Å². The van der Waals surface area contributed by atoms with E-state index in [9.17, 15) is 9.59 Å². The summed E-state index contributed by atoms with van der Waals surface area (Å²) in [5.74, 6) is 1.21. The lowest BCUT2D eigenvalue weighted by atomic mass is 9.86. The van der Waals surface area contributed by atoms with Crippen molar-refractivity contribution in [3.8, 4) is 5.75 Å². The van der Waals surface area contributed by atoms with E-state index < -0.39 is 0 Å². The number of hydrogen-bond acceptors (Lipinski definition) is 3. The fraction of sp³-hybridized carbons (Fsp3) is 0.391. The zero-order valence-electron chi connectivity index (χ0n) is 16.9. The molecule has 2 N–H and O–H groups in total. The number of nitrogens with zero attached hydrogens (tertiary/aromatic N) is 1. The van der Waals surface area contributed by atoms with Crippen LogP contribution in [0.4, 0.5) is 0 Å². The number of imidazole rings is 1. The second-order valence-corrected chi connectivity index (χ2v) is 7.94. The summed E-state index contributed by atoms with van der Waals surface area (Å²) >= 11 is 0. The van der Waals surface area contributed by atoms with Crippen LogP contribution in [-0.2, 0) is 6.54 Å². The molecule has 1 saturated carbocycles. The van der Waals surface area contributed by atoms with Crippen molar-refractivity contribution in [2.75, 3.05) is 7.11 Å². The van der Waals surface area contributed by atoms with Crippen molar-refractivity contribution in [1.82, 2.24) is 14.9 Å². The van der Waals surface area contributed by atoms with Gasteiger partial charge in [-0.1, -0.05) is 31.9 Å². The molecule has 1 aromatic heterocycles. The Kier molecular flexibility index (Phi) is 5.43. The molecule has 1 amide bonds. The van der Waals surface area contributed by atoms with E-state index in [1.54, 1.807) is 23.8 Å². The summed E-state index contributed by atoms with van der Waals surface area (Å²) in [4.78, 5) is 28.1. The zero-order chi connectivity index (χ0) is 20.4. The number of aromatic nitrogens is 2. The molecular weight excluding hydrogens is 366 g/mol. The molecule has 2 aromatic carbocycles. The minimum atomic E-state index is -0.186. The number of carbonyl (C=O) groups is 1. The number of ether oxygens (including phenoxy) is 1. The number of amides is 1. The van der Waals surface area contributed by atoms with Gasteiger partial charge in [-0.05, 0) is 54.7 Å². The summed E-state index contributed by atoms with van der Waals surface area (Å²) in [5, 5.41) is 3.17. The molecule has 2 atom stereocenters. The first-order valence-electron chi connectivity index (χ1n) is 10.2. The quantitative estimate of drug-likeness (QED) is 0.694. The Hall–Kier alpha value is -3.02. The van der Waals surface area contributed by atoms with Crippen molar-refractivity contribution < 1.29 is 9.53 Å². The first-order chi connectivity index (χ1) is 14.0. The Morgan fingerprint density at radius 1 is 1.17 bits per heavy atom. The second kappa shape index (κ2) is 8.15. The number of methoxy groups -OCH3 is 1. The van der Waals surface area contributed by atoms with Gasteiger partial charge in [0, 0.05) is 11.6 Å². The highest BCUT2D eigenvalue weighted by Crippen LogP contribution is 2.24. The molecule has 1 heterocycles. The molecule has 0 aliphatic heterocycles. The molecule has 4 rings (SSSR count). The SMILES string of the molecule is COc1ccc(Cn2c(=O)[nH]c3cc(C(=O)N[C@H]4CCCC[C@H]4C)ccc32)cc1. The van der Waals surface area contributed by atoms with Gasteiger partial charge in [0.1, 0.15) is 5.75 Å². The van der Waals surface area contributed by atoms with Gasteiger partial charge in [0.05, 0.1) is 24.7 Å². The average molecular weight is 393 g/mol. The predicted octanol–water partition coefficient (Wildman–Crippen LogP) is 3.70. The first-order valence-corrected chi connectivity index (χ1v) is 10.2. The maximum Gasteiger partial charge on any atom is 0.326 e. The van der Waals surface area contributed by atoms with E-state index in [4.69, 9.17) is 4.74 Å². The third-order valence-corrected chi connectivity index (χ3v) is 5.96. The highest BCUT2D eigenvalue weighted by atomic mass is 16.5. The summed E-state index contributed by atoms with van der Waals surface area (Å²) in [6.07, 6.45) is 4.59. The molecule has 0 bridgehead atoms. The van der Waals surface area contributed by atoms with E-state index in [-0.39, 0.29) is 17.6 Å². The topological polar surface area (TPSA) is 76.1 Å². The van der Waals surface area contributed by atoms with Crippen LogP contribution < -0.4 is 15.7 Å². The molecule has 152 valence electrons. The fourth-order valence-corrected chi connectivity index (χ4v) is 4.16. The number of H-pyrrole nitrogens is 1. The van der Waals surface area contributed by atoms with Crippen LogP contribution >= 0.6 is 0 Å². The number of aromatic amines is 1. The van der Waals surface area contributed by atoms with Crippen LogP contribution in [-0.4, -0.2) is 28.6 Å². The van der Waals surface area contributed by atoms with E-state index in [1.165, 1.54) is 6.42 Å². The van der Waals surface area contributed by atoms with Crippen LogP contribution in [0.2, 0.25) is 0 Å². The van der Waals surface area contributed by atoms with Crippen molar-refractivity contribution in [3.63, 3.8) is 0 Å². The van der Waals surface area contributed by atoms with Gasteiger partial charge in [-0.15, -0.1) is 0 Å². The first kappa shape index (κ1) is 19.3. The molecule has 3 aromatic rings. The Bertz CT molecular complexity index is 1070. The minimum Gasteiger partial charge on any atom is -0.497 e. The minimum absolute atomic E-state index is 0.0746. The normalized spacial score (nSPS) is 19.2.